The zero-order chi connectivity index (χ0) is 34.7. The molecule has 8 nitrogen and oxygen atoms in total. The standard InChI is InChI=1S/C22H12F15N5O3/c1-7-2-8(5-39-10(7)4-38)42-13(43)12-11-3-9(41(12)15(42)45)6-40(11)14(44)16(23,24)17(25,26)18(27,28)19(29,30)20(31,32)21(33,34)22(35,36)37/h2,5,9,11,43H,3,6H2,1H3/t9-,11-/m0/s1. The smallest absolute Gasteiger partial charge is 0.460 e. The lowest BCUT2D eigenvalue weighted by Gasteiger charge is -2.42. The van der Waals surface area contributed by atoms with E-state index in [0.29, 0.717) is 9.13 Å². The van der Waals surface area contributed by atoms with Crippen LogP contribution >= 0.6 is 0 Å². The number of hydrogen-bond acceptors (Lipinski definition) is 5. The molecule has 2 aliphatic heterocycles. The summed E-state index contributed by atoms with van der Waals surface area (Å²) in [4.78, 5) is 28.7. The lowest BCUT2D eigenvalue weighted by molar-refractivity contribution is -0.450. The highest BCUT2D eigenvalue weighted by Crippen LogP contribution is 2.63. The number of hydrogen-bond donors (Lipinski definition) is 1. The Morgan fingerprint density at radius 2 is 1.42 bits per heavy atom. The van der Waals surface area contributed by atoms with Gasteiger partial charge in [-0.1, -0.05) is 0 Å². The summed E-state index contributed by atoms with van der Waals surface area (Å²) >= 11 is 0. The fourth-order valence-electron chi connectivity index (χ4n) is 4.98. The zero-order valence-corrected chi connectivity index (χ0v) is 21.4. The third kappa shape index (κ3) is 4.05. The number of fused-ring (bicyclic) bond motifs is 5. The maximum absolute atomic E-state index is 14.7. The maximum atomic E-state index is 14.7. The zero-order valence-electron chi connectivity index (χ0n) is 21.4. The Kier molecular flexibility index (Phi) is 7.08. The third-order valence-electron chi connectivity index (χ3n) is 7.34. The van der Waals surface area contributed by atoms with Crippen molar-refractivity contribution in [2.45, 2.75) is 67.1 Å². The molecule has 2 atom stereocenters. The molecule has 0 radical (unpaired) electrons. The van der Waals surface area contributed by atoms with E-state index in [9.17, 15) is 80.6 Å². The molecule has 0 unspecified atom stereocenters. The van der Waals surface area contributed by atoms with E-state index in [1.807, 2.05) is 0 Å². The van der Waals surface area contributed by atoms with E-state index < -0.39 is 94.8 Å². The third-order valence-corrected chi connectivity index (χ3v) is 7.34. The number of carbonyl (C=O) groups excluding carboxylic acids is 1. The van der Waals surface area contributed by atoms with E-state index in [1.165, 1.54) is 6.92 Å². The summed E-state index contributed by atoms with van der Waals surface area (Å²) in [7, 11) is 0. The Balaban J connectivity index is 1.73. The number of nitriles is 1. The quantitative estimate of drug-likeness (QED) is 0.410. The van der Waals surface area contributed by atoms with Gasteiger partial charge < -0.3 is 10.0 Å². The molecule has 248 valence electrons. The molecule has 0 spiro atoms. The number of carbonyl (C=O) groups is 1. The first-order valence-electron chi connectivity index (χ1n) is 11.7. The Labute approximate surface area is 237 Å². The number of rotatable bonds is 7. The highest BCUT2D eigenvalue weighted by molar-refractivity contribution is 5.86. The van der Waals surface area contributed by atoms with Gasteiger partial charge in [0, 0.05) is 6.54 Å². The minimum Gasteiger partial charge on any atom is -0.493 e. The van der Waals surface area contributed by atoms with Crippen LogP contribution in [0.2, 0.25) is 0 Å². The lowest BCUT2D eigenvalue weighted by Crippen LogP contribution is -2.74. The van der Waals surface area contributed by atoms with Gasteiger partial charge in [-0.3, -0.25) is 9.36 Å². The van der Waals surface area contributed by atoms with E-state index in [4.69, 9.17) is 5.26 Å². The molecule has 0 aromatic carbocycles. The fourth-order valence-corrected chi connectivity index (χ4v) is 4.98. The number of imidazole rings is 1. The van der Waals surface area contributed by atoms with Crippen LogP contribution in [-0.4, -0.2) is 78.3 Å². The average Bonchev–Trinajstić information content (AvgIpc) is 3.57. The molecule has 1 N–H and O–H groups in total. The highest BCUT2D eigenvalue weighted by Gasteiger charge is 2.94. The number of aromatic nitrogens is 3. The molecule has 2 aromatic rings. The van der Waals surface area contributed by atoms with E-state index in [1.54, 1.807) is 6.07 Å². The van der Waals surface area contributed by atoms with Crippen molar-refractivity contribution in [3.63, 3.8) is 0 Å². The predicted octanol–water partition coefficient (Wildman–Crippen LogP) is 5.12. The molecule has 4 rings (SSSR count). The highest BCUT2D eigenvalue weighted by atomic mass is 19.4. The predicted molar refractivity (Wildman–Crippen MR) is 113 cm³/mol. The van der Waals surface area contributed by atoms with Gasteiger partial charge in [0.15, 0.2) is 0 Å². The first-order chi connectivity index (χ1) is 20.1. The number of alkyl halides is 15. The van der Waals surface area contributed by atoms with Crippen LogP contribution in [0.1, 0.15) is 35.5 Å². The van der Waals surface area contributed by atoms with Gasteiger partial charge in [-0.25, -0.2) is 14.3 Å². The Morgan fingerprint density at radius 3 is 1.91 bits per heavy atom. The molecule has 2 aliphatic rings. The molecule has 4 heterocycles. The first kappa shape index (κ1) is 33.8. The van der Waals surface area contributed by atoms with E-state index in [2.05, 4.69) is 4.98 Å². The summed E-state index contributed by atoms with van der Waals surface area (Å²) in [6.45, 7) is 0.104. The van der Waals surface area contributed by atoms with E-state index >= 15 is 0 Å². The van der Waals surface area contributed by atoms with Crippen molar-refractivity contribution in [2.24, 2.45) is 0 Å². The monoisotopic (exact) mass is 679 g/mol. The van der Waals surface area contributed by atoms with Gasteiger partial charge in [-0.15, -0.1) is 0 Å². The largest absolute Gasteiger partial charge is 0.493 e. The van der Waals surface area contributed by atoms with Crippen molar-refractivity contribution in [1.29, 1.82) is 5.26 Å². The van der Waals surface area contributed by atoms with Gasteiger partial charge >= 0.3 is 53.3 Å². The molecule has 1 fully saturated rings. The Morgan fingerprint density at radius 1 is 0.911 bits per heavy atom. The topological polar surface area (TPSA) is 104 Å². The fraction of sp³-hybridized carbons (Fsp3) is 0.545. The number of halogens is 15. The molecular weight excluding hydrogens is 667 g/mol. The van der Waals surface area contributed by atoms with Crippen molar-refractivity contribution < 1.29 is 75.8 Å². The van der Waals surface area contributed by atoms with Gasteiger partial charge in [-0.2, -0.15) is 71.1 Å². The lowest BCUT2D eigenvalue weighted by atomic mass is 9.90. The minimum absolute atomic E-state index is 0.139. The molecule has 0 aliphatic carbocycles. The summed E-state index contributed by atoms with van der Waals surface area (Å²) in [6.07, 6.45) is -7.54. The Hall–Kier alpha value is -4.13. The number of nitrogens with zero attached hydrogens (tertiary/aromatic N) is 5. The summed E-state index contributed by atoms with van der Waals surface area (Å²) in [5.74, 6) is -53.5. The van der Waals surface area contributed by atoms with E-state index in [0.717, 1.165) is 12.3 Å². The number of amides is 1. The summed E-state index contributed by atoms with van der Waals surface area (Å²) < 4.78 is 205. The molecule has 45 heavy (non-hydrogen) atoms. The summed E-state index contributed by atoms with van der Waals surface area (Å²) in [6, 6.07) is -0.722. The second kappa shape index (κ2) is 9.44. The molecular formula is C22H12F15N5O3. The molecule has 1 saturated heterocycles. The van der Waals surface area contributed by atoms with Crippen molar-refractivity contribution in [1.82, 2.24) is 19.0 Å². The Bertz CT molecular complexity index is 1670. The van der Waals surface area contributed by atoms with Crippen LogP contribution in [-0.2, 0) is 4.79 Å². The number of pyridine rings is 1. The van der Waals surface area contributed by atoms with Crippen molar-refractivity contribution >= 4 is 5.91 Å². The maximum Gasteiger partial charge on any atom is 0.460 e. The van der Waals surface area contributed by atoms with Crippen LogP contribution in [0.3, 0.4) is 0 Å². The molecule has 1 amide bonds. The number of aryl methyl sites for hydroxylation is 1. The second-order valence-electron chi connectivity index (χ2n) is 9.97. The van der Waals surface area contributed by atoms with Crippen LogP contribution in [0.5, 0.6) is 5.88 Å². The SMILES string of the molecule is Cc1cc(-n2c(O)c3n(c2=O)[C@H]2C[C@@H]3N(C(=O)C(F)(F)C(F)(F)C(F)(F)C(F)(F)C(F)(F)C(F)(F)C(F)(F)F)C2)cnc1C#N. The van der Waals surface area contributed by atoms with Crippen LogP contribution in [0.4, 0.5) is 65.9 Å². The van der Waals surface area contributed by atoms with Crippen LogP contribution < -0.4 is 5.69 Å². The average molecular weight is 679 g/mol. The van der Waals surface area contributed by atoms with E-state index in [-0.39, 0.29) is 16.9 Å². The van der Waals surface area contributed by atoms with Crippen LogP contribution in [0.25, 0.3) is 5.69 Å². The summed E-state index contributed by atoms with van der Waals surface area (Å²) in [5, 5.41) is 19.6. The van der Waals surface area contributed by atoms with Crippen LogP contribution in [0, 0.1) is 18.3 Å². The van der Waals surface area contributed by atoms with Crippen molar-refractivity contribution in [2.75, 3.05) is 6.54 Å². The van der Waals surface area contributed by atoms with Gasteiger partial charge in [-0.05, 0) is 25.0 Å². The summed E-state index contributed by atoms with van der Waals surface area (Å²) in [5.41, 5.74) is -2.18. The van der Waals surface area contributed by atoms with Gasteiger partial charge in [0.1, 0.15) is 17.5 Å². The normalized spacial score (nSPS) is 19.6. The number of likely N-dealkylation sites (tertiary alicyclic amines) is 1. The number of aromatic hydroxyl groups is 1. The molecule has 2 bridgehead atoms. The molecule has 23 heteroatoms. The van der Waals surface area contributed by atoms with Crippen LogP contribution in [0.15, 0.2) is 17.1 Å². The van der Waals surface area contributed by atoms with Crippen molar-refractivity contribution in [3.05, 3.63) is 39.7 Å². The second-order valence-corrected chi connectivity index (χ2v) is 9.97. The van der Waals surface area contributed by atoms with Gasteiger partial charge in [0.25, 0.3) is 0 Å². The van der Waals surface area contributed by atoms with Gasteiger partial charge in [0.2, 0.25) is 5.88 Å². The molecule has 0 saturated carbocycles. The first-order valence-corrected chi connectivity index (χ1v) is 11.7. The minimum atomic E-state index is -8.56. The van der Waals surface area contributed by atoms with Crippen molar-refractivity contribution in [3.8, 4) is 17.6 Å². The van der Waals surface area contributed by atoms with Gasteiger partial charge in [0.05, 0.1) is 24.0 Å². The molecule has 2 aromatic heterocycles.